The highest BCUT2D eigenvalue weighted by Gasteiger charge is 2.34. The summed E-state index contributed by atoms with van der Waals surface area (Å²) in [6, 6.07) is 0.204. The molecule has 102 valence electrons. The molecular formula is C12H17N5O2. The van der Waals surface area contributed by atoms with Crippen molar-refractivity contribution in [3.63, 3.8) is 0 Å². The van der Waals surface area contributed by atoms with Crippen LogP contribution in [-0.4, -0.2) is 31.2 Å². The Morgan fingerprint density at radius 1 is 1.58 bits per heavy atom. The first kappa shape index (κ1) is 12.2. The molecule has 0 aromatic carbocycles. The highest BCUT2D eigenvalue weighted by atomic mass is 16.3. The first-order valence-corrected chi connectivity index (χ1v) is 6.45. The Balaban J connectivity index is 2.09. The molecule has 0 bridgehead atoms. The lowest BCUT2D eigenvalue weighted by Gasteiger charge is -2.20. The molecule has 7 heteroatoms. The van der Waals surface area contributed by atoms with Gasteiger partial charge in [-0.25, -0.2) is 4.98 Å². The molecule has 0 aliphatic heterocycles. The van der Waals surface area contributed by atoms with Gasteiger partial charge >= 0.3 is 0 Å². The average Bonchev–Trinajstić information content (AvgIpc) is 2.92. The predicted molar refractivity (Wildman–Crippen MR) is 70.6 cm³/mol. The van der Waals surface area contributed by atoms with E-state index in [1.165, 1.54) is 0 Å². The Labute approximate surface area is 109 Å². The summed E-state index contributed by atoms with van der Waals surface area (Å²) in [5.41, 5.74) is 6.12. The lowest BCUT2D eigenvalue weighted by atomic mass is 9.96. The quantitative estimate of drug-likeness (QED) is 0.721. The van der Waals surface area contributed by atoms with Gasteiger partial charge < -0.3 is 15.4 Å². The lowest BCUT2D eigenvalue weighted by molar-refractivity contribution is 0.189. The van der Waals surface area contributed by atoms with E-state index in [2.05, 4.69) is 21.9 Å². The molecule has 3 rings (SSSR count). The van der Waals surface area contributed by atoms with E-state index in [0.717, 1.165) is 12.8 Å². The maximum absolute atomic E-state index is 11.7. The molecule has 19 heavy (non-hydrogen) atoms. The molecule has 0 saturated heterocycles. The van der Waals surface area contributed by atoms with Crippen LogP contribution in [0.15, 0.2) is 11.1 Å². The van der Waals surface area contributed by atoms with E-state index in [0.29, 0.717) is 23.0 Å². The zero-order valence-corrected chi connectivity index (χ0v) is 10.7. The molecule has 1 unspecified atom stereocenters. The number of aromatic nitrogens is 4. The van der Waals surface area contributed by atoms with Crippen LogP contribution in [0.4, 0.5) is 5.95 Å². The third kappa shape index (κ3) is 1.81. The van der Waals surface area contributed by atoms with Crippen molar-refractivity contribution in [2.75, 3.05) is 12.3 Å². The van der Waals surface area contributed by atoms with Crippen molar-refractivity contribution in [2.45, 2.75) is 25.8 Å². The number of aliphatic hydroxyl groups excluding tert-OH is 1. The molecule has 1 saturated carbocycles. The van der Waals surface area contributed by atoms with Crippen molar-refractivity contribution in [3.8, 4) is 0 Å². The summed E-state index contributed by atoms with van der Waals surface area (Å²) in [6.45, 7) is 2.31. The highest BCUT2D eigenvalue weighted by Crippen LogP contribution is 2.40. The third-order valence-corrected chi connectivity index (χ3v) is 4.23. The van der Waals surface area contributed by atoms with Crippen LogP contribution >= 0.6 is 0 Å². The fraction of sp³-hybridized carbons (Fsp3) is 0.583. The summed E-state index contributed by atoms with van der Waals surface area (Å²) >= 11 is 0. The minimum atomic E-state index is -0.314. The summed E-state index contributed by atoms with van der Waals surface area (Å²) in [6.07, 6.45) is 3.57. The highest BCUT2D eigenvalue weighted by molar-refractivity contribution is 5.70. The number of nitrogens with one attached hydrogen (secondary N) is 1. The van der Waals surface area contributed by atoms with Crippen LogP contribution in [0, 0.1) is 11.8 Å². The van der Waals surface area contributed by atoms with Crippen LogP contribution in [0.25, 0.3) is 11.2 Å². The minimum absolute atomic E-state index is 0.101. The number of nitrogens with zero attached hydrogens (tertiary/aromatic N) is 3. The van der Waals surface area contributed by atoms with E-state index in [1.807, 2.05) is 4.57 Å². The van der Waals surface area contributed by atoms with Gasteiger partial charge in [0.25, 0.3) is 5.56 Å². The van der Waals surface area contributed by atoms with Crippen molar-refractivity contribution in [3.05, 3.63) is 16.7 Å². The van der Waals surface area contributed by atoms with Gasteiger partial charge in [0, 0.05) is 12.6 Å². The summed E-state index contributed by atoms with van der Waals surface area (Å²) in [7, 11) is 0. The second-order valence-electron chi connectivity index (χ2n) is 5.22. The molecular weight excluding hydrogens is 246 g/mol. The van der Waals surface area contributed by atoms with Gasteiger partial charge in [-0.1, -0.05) is 6.92 Å². The largest absolute Gasteiger partial charge is 0.396 e. The Morgan fingerprint density at radius 3 is 3.05 bits per heavy atom. The van der Waals surface area contributed by atoms with Gasteiger partial charge in [0.05, 0.1) is 6.33 Å². The monoisotopic (exact) mass is 263 g/mol. The van der Waals surface area contributed by atoms with E-state index in [9.17, 15) is 9.90 Å². The topological polar surface area (TPSA) is 110 Å². The first-order valence-electron chi connectivity index (χ1n) is 6.45. The van der Waals surface area contributed by atoms with Gasteiger partial charge in [0.15, 0.2) is 11.2 Å². The predicted octanol–water partition coefficient (Wildman–Crippen LogP) is 0.281. The number of aliphatic hydroxyl groups is 1. The van der Waals surface area contributed by atoms with Gasteiger partial charge in [-0.2, -0.15) is 4.98 Å². The van der Waals surface area contributed by atoms with Crippen LogP contribution in [0.5, 0.6) is 0 Å². The Morgan fingerprint density at radius 2 is 2.37 bits per heavy atom. The fourth-order valence-electron chi connectivity index (χ4n) is 3.06. The molecule has 1 aliphatic rings. The number of aromatic amines is 1. The second kappa shape index (κ2) is 4.34. The summed E-state index contributed by atoms with van der Waals surface area (Å²) in [4.78, 5) is 22.5. The van der Waals surface area contributed by atoms with Gasteiger partial charge in [-0.05, 0) is 24.7 Å². The molecule has 2 aromatic rings. The van der Waals surface area contributed by atoms with Crippen molar-refractivity contribution < 1.29 is 5.11 Å². The molecule has 2 heterocycles. The normalized spacial score (nSPS) is 27.2. The molecule has 7 nitrogen and oxygen atoms in total. The second-order valence-corrected chi connectivity index (χ2v) is 5.22. The van der Waals surface area contributed by atoms with Crippen LogP contribution in [0.2, 0.25) is 0 Å². The van der Waals surface area contributed by atoms with E-state index >= 15 is 0 Å². The van der Waals surface area contributed by atoms with E-state index in [1.54, 1.807) is 6.33 Å². The maximum atomic E-state index is 11.7. The standard InChI is InChI=1S/C12H17N5O2/c1-6-7(4-18)2-3-8(6)17-5-14-9-10(17)15-12(13)16-11(9)19/h5-8,18H,2-4H2,1H3,(H3,13,15,16,19)/t6?,7-,8-/m0/s1. The van der Waals surface area contributed by atoms with Gasteiger partial charge in [0.1, 0.15) is 0 Å². The number of hydrogen-bond donors (Lipinski definition) is 3. The van der Waals surface area contributed by atoms with Crippen LogP contribution < -0.4 is 11.3 Å². The number of H-pyrrole nitrogens is 1. The van der Waals surface area contributed by atoms with E-state index in [-0.39, 0.29) is 24.2 Å². The number of fused-ring (bicyclic) bond motifs is 1. The number of rotatable bonds is 2. The Kier molecular flexibility index (Phi) is 2.78. The molecule has 0 amide bonds. The molecule has 3 atom stereocenters. The van der Waals surface area contributed by atoms with Crippen LogP contribution in [-0.2, 0) is 0 Å². The summed E-state index contributed by atoms with van der Waals surface area (Å²) < 4.78 is 1.92. The van der Waals surface area contributed by atoms with Gasteiger partial charge in [0.2, 0.25) is 5.95 Å². The number of imidazole rings is 1. The molecule has 1 fully saturated rings. The average molecular weight is 263 g/mol. The van der Waals surface area contributed by atoms with Crippen LogP contribution in [0.1, 0.15) is 25.8 Å². The SMILES string of the molecule is CC1[C@H](CO)CC[C@@H]1n1cnc2c(=O)[nH]c(N)nc21. The van der Waals surface area contributed by atoms with Crippen molar-refractivity contribution in [1.29, 1.82) is 0 Å². The smallest absolute Gasteiger partial charge is 0.280 e. The van der Waals surface area contributed by atoms with E-state index in [4.69, 9.17) is 5.73 Å². The van der Waals surface area contributed by atoms with Crippen molar-refractivity contribution in [1.82, 2.24) is 19.5 Å². The van der Waals surface area contributed by atoms with E-state index < -0.39 is 0 Å². The molecule has 0 radical (unpaired) electrons. The Bertz CT molecular complexity index is 662. The zero-order valence-electron chi connectivity index (χ0n) is 10.7. The number of anilines is 1. The van der Waals surface area contributed by atoms with Gasteiger partial charge in [-0.15, -0.1) is 0 Å². The number of nitrogens with two attached hydrogens (primary N) is 1. The lowest BCUT2D eigenvalue weighted by Crippen LogP contribution is -2.18. The number of hydrogen-bond acceptors (Lipinski definition) is 5. The first-order chi connectivity index (χ1) is 9.11. The third-order valence-electron chi connectivity index (χ3n) is 4.23. The molecule has 4 N–H and O–H groups in total. The summed E-state index contributed by atoms with van der Waals surface area (Å²) in [5, 5.41) is 9.34. The van der Waals surface area contributed by atoms with Gasteiger partial charge in [-0.3, -0.25) is 9.78 Å². The van der Waals surface area contributed by atoms with Crippen molar-refractivity contribution >= 4 is 17.1 Å². The molecule has 0 spiro atoms. The summed E-state index contributed by atoms with van der Waals surface area (Å²) in [5.74, 6) is 0.718. The Hall–Kier alpha value is -1.89. The van der Waals surface area contributed by atoms with Crippen LogP contribution in [0.3, 0.4) is 0 Å². The van der Waals surface area contributed by atoms with Crippen molar-refractivity contribution in [2.24, 2.45) is 11.8 Å². The fourth-order valence-corrected chi connectivity index (χ4v) is 3.06. The molecule has 1 aliphatic carbocycles. The zero-order chi connectivity index (χ0) is 13.6. The minimum Gasteiger partial charge on any atom is -0.396 e. The number of nitrogen functional groups attached to an aromatic ring is 1. The maximum Gasteiger partial charge on any atom is 0.280 e. The molecule has 2 aromatic heterocycles.